The van der Waals surface area contributed by atoms with Gasteiger partial charge in [-0.25, -0.2) is 4.39 Å². The Balaban J connectivity index is 2.02. The first-order chi connectivity index (χ1) is 11.3. The second kappa shape index (κ2) is 5.87. The van der Waals surface area contributed by atoms with Gasteiger partial charge in [0.1, 0.15) is 16.6 Å². The summed E-state index contributed by atoms with van der Waals surface area (Å²) in [6.45, 7) is 5.63. The summed E-state index contributed by atoms with van der Waals surface area (Å²) in [7, 11) is -3.81. The Hall–Kier alpha value is -2.47. The number of rotatable bonds is 2. The second-order valence-electron chi connectivity index (χ2n) is 5.88. The fourth-order valence-corrected chi connectivity index (χ4v) is 4.23. The van der Waals surface area contributed by atoms with Crippen molar-refractivity contribution in [3.8, 4) is 0 Å². The fourth-order valence-electron chi connectivity index (χ4n) is 2.80. The Morgan fingerprint density at radius 1 is 0.958 bits per heavy atom. The molecule has 1 N–H and O–H groups in total. The highest BCUT2D eigenvalue weighted by Gasteiger charge is 2.31. The summed E-state index contributed by atoms with van der Waals surface area (Å²) in [6.07, 6.45) is 0. The van der Waals surface area contributed by atoms with Crippen molar-refractivity contribution in [2.45, 2.75) is 20.8 Å². The van der Waals surface area contributed by atoms with Crippen LogP contribution in [-0.2, 0) is 10.0 Å². The van der Waals surface area contributed by atoms with Crippen molar-refractivity contribution in [2.75, 3.05) is 5.32 Å². The number of sulfonamides is 1. The number of nitrogens with one attached hydrogen (secondary N) is 1. The molecule has 0 unspecified atom stereocenters. The van der Waals surface area contributed by atoms with Crippen LogP contribution in [0.25, 0.3) is 4.91 Å². The molecule has 0 bridgehead atoms. The molecule has 1 aliphatic rings. The van der Waals surface area contributed by atoms with Crippen molar-refractivity contribution < 1.29 is 12.8 Å². The van der Waals surface area contributed by atoms with Crippen molar-refractivity contribution in [1.82, 2.24) is 0 Å². The predicted molar refractivity (Wildman–Crippen MR) is 94.9 cm³/mol. The van der Waals surface area contributed by atoms with Gasteiger partial charge in [0.2, 0.25) is 0 Å². The van der Waals surface area contributed by atoms with E-state index in [4.69, 9.17) is 0 Å². The summed E-state index contributed by atoms with van der Waals surface area (Å²) in [5.41, 5.74) is 3.86. The lowest BCUT2D eigenvalue weighted by Gasteiger charge is -2.09. The largest absolute Gasteiger partial charge is 0.339 e. The van der Waals surface area contributed by atoms with Gasteiger partial charge in [0.15, 0.2) is 0 Å². The number of halogens is 1. The standard InChI is InChI=1S/C18H17FN2O2S/c1-11-8-12(2)10-16(9-11)20-18-13(3)17(24(22,23)21-18)14-4-6-15(19)7-5-14/h4-10H,1-3H3,(H,20,21). The highest BCUT2D eigenvalue weighted by atomic mass is 32.2. The Morgan fingerprint density at radius 3 is 2.12 bits per heavy atom. The molecular formula is C18H17FN2O2S. The highest BCUT2D eigenvalue weighted by Crippen LogP contribution is 2.33. The molecule has 24 heavy (non-hydrogen) atoms. The predicted octanol–water partition coefficient (Wildman–Crippen LogP) is 4.03. The number of benzene rings is 2. The quantitative estimate of drug-likeness (QED) is 0.895. The molecule has 2 aromatic rings. The topological polar surface area (TPSA) is 58.5 Å². The van der Waals surface area contributed by atoms with Gasteiger partial charge >= 0.3 is 0 Å². The van der Waals surface area contributed by atoms with E-state index in [-0.39, 0.29) is 4.91 Å². The molecule has 124 valence electrons. The van der Waals surface area contributed by atoms with Crippen molar-refractivity contribution in [3.63, 3.8) is 0 Å². The first-order valence-corrected chi connectivity index (χ1v) is 8.88. The number of aryl methyl sites for hydroxylation is 2. The molecule has 0 fully saturated rings. The maximum absolute atomic E-state index is 13.1. The van der Waals surface area contributed by atoms with E-state index in [0.717, 1.165) is 16.8 Å². The van der Waals surface area contributed by atoms with Crippen LogP contribution in [0.4, 0.5) is 10.1 Å². The minimum Gasteiger partial charge on any atom is -0.339 e. The second-order valence-corrected chi connectivity index (χ2v) is 7.42. The molecule has 0 saturated heterocycles. The first-order valence-electron chi connectivity index (χ1n) is 7.44. The number of hydrogen-bond donors (Lipinski definition) is 1. The normalized spacial score (nSPS) is 16.2. The summed E-state index contributed by atoms with van der Waals surface area (Å²) in [5, 5.41) is 3.08. The van der Waals surface area contributed by atoms with E-state index in [1.54, 1.807) is 6.92 Å². The molecular weight excluding hydrogens is 327 g/mol. The van der Waals surface area contributed by atoms with Gasteiger partial charge in [-0.2, -0.15) is 8.42 Å². The summed E-state index contributed by atoms with van der Waals surface area (Å²) in [5.74, 6) is -0.124. The third kappa shape index (κ3) is 3.10. The molecule has 0 amide bonds. The van der Waals surface area contributed by atoms with Crippen molar-refractivity contribution in [3.05, 3.63) is 70.5 Å². The van der Waals surface area contributed by atoms with Crippen LogP contribution in [0.3, 0.4) is 0 Å². The molecule has 1 aliphatic heterocycles. The monoisotopic (exact) mass is 344 g/mol. The van der Waals surface area contributed by atoms with Crippen LogP contribution < -0.4 is 5.32 Å². The summed E-state index contributed by atoms with van der Waals surface area (Å²) in [6, 6.07) is 11.2. The van der Waals surface area contributed by atoms with Gasteiger partial charge in [-0.05, 0) is 61.7 Å². The molecule has 0 atom stereocenters. The molecule has 0 aliphatic carbocycles. The Morgan fingerprint density at radius 2 is 1.54 bits per heavy atom. The Bertz CT molecular complexity index is 954. The molecule has 1 heterocycles. The number of amidine groups is 1. The number of hydrogen-bond acceptors (Lipinski definition) is 3. The Kier molecular flexibility index (Phi) is 4.01. The van der Waals surface area contributed by atoms with Crippen molar-refractivity contribution in [1.29, 1.82) is 0 Å². The van der Waals surface area contributed by atoms with Gasteiger partial charge in [0, 0.05) is 11.3 Å². The highest BCUT2D eigenvalue weighted by molar-refractivity contribution is 8.00. The number of nitrogens with zero attached hydrogens (tertiary/aromatic N) is 1. The van der Waals surface area contributed by atoms with Crippen LogP contribution in [0.1, 0.15) is 23.6 Å². The lowest BCUT2D eigenvalue weighted by atomic mass is 10.1. The van der Waals surface area contributed by atoms with Gasteiger partial charge in [-0.3, -0.25) is 0 Å². The summed E-state index contributed by atoms with van der Waals surface area (Å²) < 4.78 is 41.8. The van der Waals surface area contributed by atoms with Crippen LogP contribution in [0.5, 0.6) is 0 Å². The van der Waals surface area contributed by atoms with Crippen molar-refractivity contribution >= 4 is 26.5 Å². The van der Waals surface area contributed by atoms with E-state index in [1.807, 2.05) is 32.0 Å². The van der Waals surface area contributed by atoms with Crippen LogP contribution in [-0.4, -0.2) is 14.3 Å². The SMILES string of the molecule is CC1=C(c2ccc(F)cc2)S(=O)(=O)N=C1Nc1cc(C)cc(C)c1. The average molecular weight is 344 g/mol. The zero-order valence-corrected chi connectivity index (χ0v) is 14.4. The molecule has 2 aromatic carbocycles. The zero-order valence-electron chi connectivity index (χ0n) is 13.6. The molecule has 3 rings (SSSR count). The molecule has 0 radical (unpaired) electrons. The van der Waals surface area contributed by atoms with Gasteiger partial charge in [-0.1, -0.05) is 18.2 Å². The van der Waals surface area contributed by atoms with Gasteiger partial charge in [0.25, 0.3) is 10.0 Å². The van der Waals surface area contributed by atoms with Crippen LogP contribution in [0, 0.1) is 19.7 Å². The van der Waals surface area contributed by atoms with E-state index in [1.165, 1.54) is 24.3 Å². The lowest BCUT2D eigenvalue weighted by molar-refractivity contribution is 0.608. The van der Waals surface area contributed by atoms with E-state index < -0.39 is 15.8 Å². The fraction of sp³-hybridized carbons (Fsp3) is 0.167. The third-order valence-corrected chi connectivity index (χ3v) is 5.24. The molecule has 0 spiro atoms. The van der Waals surface area contributed by atoms with Crippen LogP contribution >= 0.6 is 0 Å². The molecule has 4 nitrogen and oxygen atoms in total. The Labute approximate surface area is 140 Å². The van der Waals surface area contributed by atoms with Gasteiger partial charge in [-0.15, -0.1) is 4.40 Å². The van der Waals surface area contributed by atoms with Crippen molar-refractivity contribution in [2.24, 2.45) is 4.40 Å². The van der Waals surface area contributed by atoms with Crippen LogP contribution in [0.15, 0.2) is 52.4 Å². The minimum atomic E-state index is -3.81. The van der Waals surface area contributed by atoms with E-state index in [0.29, 0.717) is 17.0 Å². The first kappa shape index (κ1) is 16.4. The van der Waals surface area contributed by atoms with Gasteiger partial charge in [0.05, 0.1) is 0 Å². The molecule has 6 heteroatoms. The van der Waals surface area contributed by atoms with Gasteiger partial charge < -0.3 is 5.32 Å². The molecule has 0 saturated carbocycles. The zero-order chi connectivity index (χ0) is 17.5. The maximum Gasteiger partial charge on any atom is 0.285 e. The third-order valence-electron chi connectivity index (χ3n) is 3.76. The minimum absolute atomic E-state index is 0.106. The van der Waals surface area contributed by atoms with E-state index in [2.05, 4.69) is 9.71 Å². The summed E-state index contributed by atoms with van der Waals surface area (Å²) in [4.78, 5) is 0.106. The molecule has 0 aromatic heterocycles. The average Bonchev–Trinajstić information content (AvgIpc) is 2.68. The van der Waals surface area contributed by atoms with E-state index in [9.17, 15) is 12.8 Å². The smallest absolute Gasteiger partial charge is 0.285 e. The number of anilines is 1. The summed E-state index contributed by atoms with van der Waals surface area (Å²) >= 11 is 0. The van der Waals surface area contributed by atoms with E-state index >= 15 is 0 Å². The lowest BCUT2D eigenvalue weighted by Crippen LogP contribution is -2.11. The maximum atomic E-state index is 13.1. The van der Waals surface area contributed by atoms with Crippen LogP contribution in [0.2, 0.25) is 0 Å².